The fraction of sp³-hybridized carbons (Fsp3) is 0.538. The molecule has 2 aromatic carbocycles. The second-order valence-corrected chi connectivity index (χ2v) is 9.33. The average molecular weight is 361 g/mol. The van der Waals surface area contributed by atoms with Gasteiger partial charge in [-0.25, -0.2) is 0 Å². The molecule has 4 saturated carbocycles. The summed E-state index contributed by atoms with van der Waals surface area (Å²) in [4.78, 5) is 0. The van der Waals surface area contributed by atoms with Crippen LogP contribution in [0.25, 0.3) is 11.1 Å². The molecule has 4 aliphatic rings. The Bertz CT molecular complexity index is 779. The molecule has 142 valence electrons. The first kappa shape index (κ1) is 17.3. The van der Waals surface area contributed by atoms with Crippen LogP contribution in [0.15, 0.2) is 42.5 Å². The average Bonchev–Trinajstić information content (AvgIpc) is 2.76. The van der Waals surface area contributed by atoms with Crippen molar-refractivity contribution in [1.82, 2.24) is 0 Å². The van der Waals surface area contributed by atoms with E-state index in [0.717, 1.165) is 23.0 Å². The Morgan fingerprint density at radius 2 is 1.52 bits per heavy atom. The maximum absolute atomic E-state index is 11.3. The molecule has 1 atom stereocenters. The highest BCUT2D eigenvalue weighted by atomic mass is 16.3. The van der Waals surface area contributed by atoms with Crippen molar-refractivity contribution in [3.8, 4) is 16.9 Å². The summed E-state index contributed by atoms with van der Waals surface area (Å²) in [5.74, 6) is 3.49. The van der Waals surface area contributed by atoms with Crippen molar-refractivity contribution in [2.24, 2.45) is 11.8 Å². The molecule has 1 N–H and O–H groups in total. The van der Waals surface area contributed by atoms with Crippen LogP contribution in [0.1, 0.15) is 87.2 Å². The van der Waals surface area contributed by atoms with E-state index in [9.17, 15) is 5.11 Å². The Balaban J connectivity index is 1.60. The summed E-state index contributed by atoms with van der Waals surface area (Å²) >= 11 is 0. The SMILES string of the molecule is Oc1c(-c2ccccc2)cc(C2CCCCC2)cc1C1CC2CCC1CC2. The van der Waals surface area contributed by atoms with Crippen LogP contribution in [0.2, 0.25) is 0 Å². The van der Waals surface area contributed by atoms with Crippen LogP contribution < -0.4 is 0 Å². The number of rotatable bonds is 3. The smallest absolute Gasteiger partial charge is 0.126 e. The summed E-state index contributed by atoms with van der Waals surface area (Å²) in [5.41, 5.74) is 4.99. The fourth-order valence-corrected chi connectivity index (χ4v) is 6.23. The van der Waals surface area contributed by atoms with Gasteiger partial charge < -0.3 is 5.11 Å². The molecule has 27 heavy (non-hydrogen) atoms. The Morgan fingerprint density at radius 1 is 0.778 bits per heavy atom. The molecule has 6 rings (SSSR count). The third-order valence-electron chi connectivity index (χ3n) is 7.77. The van der Waals surface area contributed by atoms with Crippen molar-refractivity contribution in [3.05, 3.63) is 53.6 Å². The molecule has 0 amide bonds. The van der Waals surface area contributed by atoms with Gasteiger partial charge in [-0.1, -0.05) is 68.5 Å². The van der Waals surface area contributed by atoms with E-state index < -0.39 is 0 Å². The van der Waals surface area contributed by atoms with E-state index in [1.165, 1.54) is 75.3 Å². The van der Waals surface area contributed by atoms with Crippen molar-refractivity contribution in [2.75, 3.05) is 0 Å². The van der Waals surface area contributed by atoms with Gasteiger partial charge in [0.1, 0.15) is 5.75 Å². The number of aromatic hydroxyl groups is 1. The third-order valence-corrected chi connectivity index (χ3v) is 7.77. The van der Waals surface area contributed by atoms with E-state index >= 15 is 0 Å². The minimum Gasteiger partial charge on any atom is -0.507 e. The molecule has 0 aromatic heterocycles. The summed E-state index contributed by atoms with van der Waals surface area (Å²) in [5, 5.41) is 11.3. The van der Waals surface area contributed by atoms with Crippen molar-refractivity contribution < 1.29 is 5.11 Å². The summed E-state index contributed by atoms with van der Waals surface area (Å²) in [7, 11) is 0. The maximum atomic E-state index is 11.3. The largest absolute Gasteiger partial charge is 0.507 e. The van der Waals surface area contributed by atoms with Crippen LogP contribution >= 0.6 is 0 Å². The van der Waals surface area contributed by atoms with E-state index in [1.54, 1.807) is 0 Å². The molecule has 1 unspecified atom stereocenters. The molecule has 0 saturated heterocycles. The van der Waals surface area contributed by atoms with Gasteiger partial charge in [-0.15, -0.1) is 0 Å². The standard InChI is InChI=1S/C26H32O/c27-26-24(20-9-5-2-6-10-20)16-22(19-7-3-1-4-8-19)17-25(26)23-15-18-11-13-21(23)14-12-18/h2,5-6,9-10,16-19,21,23,27H,1,3-4,7-8,11-15H2. The summed E-state index contributed by atoms with van der Waals surface area (Å²) in [6, 6.07) is 15.3. The number of phenols is 1. The second-order valence-electron chi connectivity index (χ2n) is 9.33. The fourth-order valence-electron chi connectivity index (χ4n) is 6.23. The molecule has 1 nitrogen and oxygen atoms in total. The number of fused-ring (bicyclic) bond motifs is 3. The van der Waals surface area contributed by atoms with E-state index in [-0.39, 0.29) is 0 Å². The first-order valence-corrected chi connectivity index (χ1v) is 11.2. The Kier molecular flexibility index (Phi) is 4.71. The first-order chi connectivity index (χ1) is 13.3. The van der Waals surface area contributed by atoms with Gasteiger partial charge in [0.05, 0.1) is 0 Å². The summed E-state index contributed by atoms with van der Waals surface area (Å²) in [6.45, 7) is 0. The van der Waals surface area contributed by atoms with Gasteiger partial charge in [-0.2, -0.15) is 0 Å². The molecule has 1 heteroatoms. The molecule has 0 spiro atoms. The minimum atomic E-state index is 0.568. The normalized spacial score (nSPS) is 28.4. The van der Waals surface area contributed by atoms with Gasteiger partial charge in [0.2, 0.25) is 0 Å². The zero-order chi connectivity index (χ0) is 18.2. The van der Waals surface area contributed by atoms with Gasteiger partial charge in [0.25, 0.3) is 0 Å². The highest BCUT2D eigenvalue weighted by Crippen LogP contribution is 2.53. The van der Waals surface area contributed by atoms with E-state index in [1.807, 2.05) is 0 Å². The van der Waals surface area contributed by atoms with Crippen LogP contribution in [0.4, 0.5) is 0 Å². The molecule has 2 aromatic rings. The molecule has 0 heterocycles. The lowest BCUT2D eigenvalue weighted by Gasteiger charge is -2.43. The number of hydrogen-bond acceptors (Lipinski definition) is 1. The number of benzene rings is 2. The number of phenolic OH excluding ortho intramolecular Hbond substituents is 1. The maximum Gasteiger partial charge on any atom is 0.126 e. The number of hydrogen-bond donors (Lipinski definition) is 1. The van der Waals surface area contributed by atoms with Crippen molar-refractivity contribution in [2.45, 2.75) is 76.0 Å². The van der Waals surface area contributed by atoms with Gasteiger partial charge in [0.15, 0.2) is 0 Å². The highest BCUT2D eigenvalue weighted by molar-refractivity contribution is 5.73. The first-order valence-electron chi connectivity index (χ1n) is 11.2. The minimum absolute atomic E-state index is 0.568. The molecular weight excluding hydrogens is 328 g/mol. The molecular formula is C26H32O. The Hall–Kier alpha value is -1.76. The molecule has 4 fully saturated rings. The van der Waals surface area contributed by atoms with Crippen LogP contribution in [0, 0.1) is 11.8 Å². The molecule has 2 bridgehead atoms. The summed E-state index contributed by atoms with van der Waals surface area (Å²) < 4.78 is 0. The second kappa shape index (κ2) is 7.34. The van der Waals surface area contributed by atoms with Crippen LogP contribution in [-0.4, -0.2) is 5.11 Å². The summed E-state index contributed by atoms with van der Waals surface area (Å²) in [6.07, 6.45) is 13.6. The monoisotopic (exact) mass is 360 g/mol. The lowest BCUT2D eigenvalue weighted by molar-refractivity contribution is 0.143. The lowest BCUT2D eigenvalue weighted by atomic mass is 9.62. The zero-order valence-electron chi connectivity index (χ0n) is 16.4. The van der Waals surface area contributed by atoms with E-state index in [2.05, 4.69) is 42.5 Å². The topological polar surface area (TPSA) is 20.2 Å². The highest BCUT2D eigenvalue weighted by Gasteiger charge is 2.38. The van der Waals surface area contributed by atoms with Crippen LogP contribution in [0.3, 0.4) is 0 Å². The van der Waals surface area contributed by atoms with Gasteiger partial charge in [0, 0.05) is 5.56 Å². The van der Waals surface area contributed by atoms with E-state index in [0.29, 0.717) is 17.6 Å². The van der Waals surface area contributed by atoms with Gasteiger partial charge >= 0.3 is 0 Å². The van der Waals surface area contributed by atoms with E-state index in [4.69, 9.17) is 0 Å². The third kappa shape index (κ3) is 3.30. The quantitative estimate of drug-likeness (QED) is 0.604. The molecule has 0 radical (unpaired) electrons. The van der Waals surface area contributed by atoms with Gasteiger partial charge in [-0.05, 0) is 78.5 Å². The van der Waals surface area contributed by atoms with Crippen LogP contribution in [0.5, 0.6) is 5.75 Å². The predicted molar refractivity (Wildman–Crippen MR) is 112 cm³/mol. The Labute approximate surface area is 163 Å². The van der Waals surface area contributed by atoms with Gasteiger partial charge in [-0.3, -0.25) is 0 Å². The van der Waals surface area contributed by atoms with Crippen molar-refractivity contribution in [3.63, 3.8) is 0 Å². The lowest BCUT2D eigenvalue weighted by Crippen LogP contribution is -2.29. The van der Waals surface area contributed by atoms with Crippen LogP contribution in [-0.2, 0) is 0 Å². The van der Waals surface area contributed by atoms with Crippen molar-refractivity contribution in [1.29, 1.82) is 0 Å². The predicted octanol–water partition coefficient (Wildman–Crippen LogP) is 7.40. The molecule has 0 aliphatic heterocycles. The Morgan fingerprint density at radius 3 is 2.19 bits per heavy atom. The molecule has 4 aliphatic carbocycles. The van der Waals surface area contributed by atoms with Crippen molar-refractivity contribution >= 4 is 0 Å². The zero-order valence-corrected chi connectivity index (χ0v) is 16.4.